The maximum atomic E-state index is 12.0. The van der Waals surface area contributed by atoms with Gasteiger partial charge in [-0.3, -0.25) is 0 Å². The molecule has 32 heavy (non-hydrogen) atoms. The van der Waals surface area contributed by atoms with Crippen LogP contribution in [0.1, 0.15) is 20.8 Å². The van der Waals surface area contributed by atoms with Crippen molar-refractivity contribution < 1.29 is 53.1 Å². The second-order valence-electron chi connectivity index (χ2n) is 6.56. The number of rotatable bonds is 14. The molecule has 1 rings (SSSR count). The van der Waals surface area contributed by atoms with E-state index in [1.807, 2.05) is 0 Å². The summed E-state index contributed by atoms with van der Waals surface area (Å²) in [5.74, 6) is -1.00. The monoisotopic (exact) mass is 456 g/mol. The zero-order chi connectivity index (χ0) is 24.3. The van der Waals surface area contributed by atoms with Gasteiger partial charge in [0.1, 0.15) is 30.0 Å². The lowest BCUT2D eigenvalue weighted by Gasteiger charge is -2.42. The van der Waals surface area contributed by atoms with Gasteiger partial charge in [0.25, 0.3) is 0 Å². The van der Waals surface area contributed by atoms with Crippen molar-refractivity contribution in [1.82, 2.24) is 0 Å². The number of esters is 2. The smallest absolute Gasteiger partial charge is 0.330 e. The molecule has 0 amide bonds. The lowest BCUT2D eigenvalue weighted by atomic mass is 9.99. The van der Waals surface area contributed by atoms with E-state index in [4.69, 9.17) is 43.5 Å². The molecule has 11 heteroatoms. The summed E-state index contributed by atoms with van der Waals surface area (Å²) in [5.41, 5.74) is 0. The first-order valence-corrected chi connectivity index (χ1v) is 9.33. The Morgan fingerprint density at radius 2 is 1.28 bits per heavy atom. The molecular weight excluding hydrogens is 428 g/mol. The number of allylic oxidation sites excluding steroid dienone is 3. The van der Waals surface area contributed by atoms with E-state index in [1.165, 1.54) is 20.8 Å². The molecule has 5 atom stereocenters. The molecule has 1 saturated heterocycles. The van der Waals surface area contributed by atoms with Gasteiger partial charge in [0.2, 0.25) is 6.29 Å². The van der Waals surface area contributed by atoms with Crippen LogP contribution in [0.5, 0.6) is 0 Å². The average Bonchev–Trinajstić information content (AvgIpc) is 2.73. The SMILES string of the molecule is C=CC(=O)OCC1OC(OOC(=C)C)C(OOC(=C)C)C(OOC(=C)C)C1OC(=O)C=C. The predicted octanol–water partition coefficient (Wildman–Crippen LogP) is 2.72. The Balaban J connectivity index is 3.32. The van der Waals surface area contributed by atoms with Crippen molar-refractivity contribution in [1.29, 1.82) is 0 Å². The highest BCUT2D eigenvalue weighted by Crippen LogP contribution is 2.31. The molecule has 5 unspecified atom stereocenters. The molecule has 0 spiro atoms. The molecule has 0 bridgehead atoms. The van der Waals surface area contributed by atoms with Crippen LogP contribution in [-0.4, -0.2) is 49.3 Å². The molecule has 0 aromatic rings. The zero-order valence-electron chi connectivity index (χ0n) is 18.3. The van der Waals surface area contributed by atoms with Crippen LogP contribution >= 0.6 is 0 Å². The first-order valence-electron chi connectivity index (χ1n) is 9.33. The normalized spacial score (nSPS) is 24.4. The third-order valence-electron chi connectivity index (χ3n) is 3.45. The van der Waals surface area contributed by atoms with Crippen LogP contribution in [0.25, 0.3) is 0 Å². The van der Waals surface area contributed by atoms with E-state index < -0.39 is 42.6 Å². The Kier molecular flexibility index (Phi) is 11.2. The van der Waals surface area contributed by atoms with E-state index in [9.17, 15) is 9.59 Å². The Morgan fingerprint density at radius 3 is 1.78 bits per heavy atom. The van der Waals surface area contributed by atoms with Crippen molar-refractivity contribution in [2.45, 2.75) is 51.5 Å². The molecule has 0 saturated carbocycles. The van der Waals surface area contributed by atoms with Crippen LogP contribution in [0.15, 0.2) is 62.3 Å². The van der Waals surface area contributed by atoms with Gasteiger partial charge < -0.3 is 28.9 Å². The lowest BCUT2D eigenvalue weighted by Crippen LogP contribution is -2.62. The molecule has 0 N–H and O–H groups in total. The molecule has 0 aliphatic carbocycles. The molecule has 1 heterocycles. The van der Waals surface area contributed by atoms with Crippen molar-refractivity contribution in [3.8, 4) is 0 Å². The van der Waals surface area contributed by atoms with E-state index in [0.717, 1.165) is 12.2 Å². The summed E-state index contributed by atoms with van der Waals surface area (Å²) in [6, 6.07) is 0. The van der Waals surface area contributed by atoms with Crippen LogP contribution in [-0.2, 0) is 53.1 Å². The van der Waals surface area contributed by atoms with Gasteiger partial charge in [-0.15, -0.1) is 0 Å². The summed E-state index contributed by atoms with van der Waals surface area (Å²) in [4.78, 5) is 54.6. The summed E-state index contributed by atoms with van der Waals surface area (Å²) in [7, 11) is 0. The third kappa shape index (κ3) is 8.94. The highest BCUT2D eigenvalue weighted by molar-refractivity contribution is 5.81. The summed E-state index contributed by atoms with van der Waals surface area (Å²) >= 11 is 0. The lowest BCUT2D eigenvalue weighted by molar-refractivity contribution is -0.472. The molecule has 11 nitrogen and oxygen atoms in total. The number of ether oxygens (including phenoxy) is 3. The number of carbonyl (C=O) groups is 2. The molecule has 178 valence electrons. The molecule has 0 aromatic carbocycles. The van der Waals surface area contributed by atoms with Crippen molar-refractivity contribution in [3.63, 3.8) is 0 Å². The minimum atomic E-state index is -1.35. The van der Waals surface area contributed by atoms with E-state index in [-0.39, 0.29) is 23.9 Å². The predicted molar refractivity (Wildman–Crippen MR) is 108 cm³/mol. The van der Waals surface area contributed by atoms with E-state index in [2.05, 4.69) is 32.9 Å². The average molecular weight is 456 g/mol. The molecule has 0 radical (unpaired) electrons. The molecular formula is C21H28O11. The topological polar surface area (TPSA) is 117 Å². The largest absolute Gasteiger partial charge is 0.460 e. The van der Waals surface area contributed by atoms with Crippen molar-refractivity contribution >= 4 is 11.9 Å². The molecule has 1 aliphatic rings. The van der Waals surface area contributed by atoms with E-state index in [0.29, 0.717) is 0 Å². The van der Waals surface area contributed by atoms with Gasteiger partial charge in [0, 0.05) is 12.2 Å². The van der Waals surface area contributed by atoms with Gasteiger partial charge in [-0.1, -0.05) is 32.9 Å². The highest BCUT2D eigenvalue weighted by Gasteiger charge is 2.54. The van der Waals surface area contributed by atoms with Gasteiger partial charge in [-0.05, 0) is 20.8 Å². The van der Waals surface area contributed by atoms with Gasteiger partial charge in [-0.25, -0.2) is 9.59 Å². The van der Waals surface area contributed by atoms with Crippen LogP contribution in [0.3, 0.4) is 0 Å². The van der Waals surface area contributed by atoms with E-state index in [1.54, 1.807) is 0 Å². The van der Waals surface area contributed by atoms with Crippen LogP contribution in [0.2, 0.25) is 0 Å². The Hall–Kier alpha value is -3.12. The second kappa shape index (κ2) is 13.3. The van der Waals surface area contributed by atoms with Gasteiger partial charge in [0.15, 0.2) is 18.3 Å². The first kappa shape index (κ1) is 26.9. The Bertz CT molecular complexity index is 729. The van der Waals surface area contributed by atoms with E-state index >= 15 is 0 Å². The fraction of sp³-hybridized carbons (Fsp3) is 0.429. The van der Waals surface area contributed by atoms with Crippen LogP contribution in [0, 0.1) is 0 Å². The van der Waals surface area contributed by atoms with Gasteiger partial charge >= 0.3 is 11.9 Å². The third-order valence-corrected chi connectivity index (χ3v) is 3.45. The Labute approximate surface area is 186 Å². The van der Waals surface area contributed by atoms with Crippen molar-refractivity contribution in [2.75, 3.05) is 6.61 Å². The second-order valence-corrected chi connectivity index (χ2v) is 6.56. The molecule has 1 fully saturated rings. The maximum Gasteiger partial charge on any atom is 0.330 e. The molecule has 1 aliphatic heterocycles. The number of hydrogen-bond acceptors (Lipinski definition) is 11. The zero-order valence-corrected chi connectivity index (χ0v) is 18.3. The summed E-state index contributed by atoms with van der Waals surface area (Å²) < 4.78 is 16.2. The summed E-state index contributed by atoms with van der Waals surface area (Å²) in [6.07, 6.45) is -4.36. The fourth-order valence-corrected chi connectivity index (χ4v) is 2.26. The minimum absolute atomic E-state index is 0.176. The van der Waals surface area contributed by atoms with Gasteiger partial charge in [-0.2, -0.15) is 14.7 Å². The minimum Gasteiger partial charge on any atom is -0.460 e. The fourth-order valence-electron chi connectivity index (χ4n) is 2.26. The summed E-state index contributed by atoms with van der Waals surface area (Å²) in [6.45, 7) is 21.6. The Morgan fingerprint density at radius 1 is 0.781 bits per heavy atom. The maximum absolute atomic E-state index is 12.0. The number of carbonyl (C=O) groups excluding carboxylic acids is 2. The van der Waals surface area contributed by atoms with Crippen molar-refractivity contribution in [3.05, 3.63) is 62.3 Å². The van der Waals surface area contributed by atoms with Crippen molar-refractivity contribution in [2.24, 2.45) is 0 Å². The highest BCUT2D eigenvalue weighted by atomic mass is 17.3. The van der Waals surface area contributed by atoms with Gasteiger partial charge in [0.05, 0.1) is 0 Å². The van der Waals surface area contributed by atoms with Crippen LogP contribution < -0.4 is 0 Å². The standard InChI is InChI=1S/C21H28O11/c1-9-16(22)24-11-15-18(26-17(23)10-2)19(30-27-12(3)4)20(31-28-13(5)6)21(25-15)32-29-14(7)8/h9-10,15,18-21H,1-3,5,7,11H2,4,6,8H3. The summed E-state index contributed by atoms with van der Waals surface area (Å²) in [5, 5.41) is 0. The number of hydrogen-bond donors (Lipinski definition) is 0. The first-order chi connectivity index (χ1) is 15.1. The van der Waals surface area contributed by atoms with Crippen LogP contribution in [0.4, 0.5) is 0 Å². The quantitative estimate of drug-likeness (QED) is 0.126. The molecule has 0 aromatic heterocycles.